The minimum atomic E-state index is -0.0434. The van der Waals surface area contributed by atoms with Gasteiger partial charge in [0.2, 0.25) is 5.95 Å². The number of hydrogen-bond donors (Lipinski definition) is 1. The maximum absolute atomic E-state index is 12.4. The predicted molar refractivity (Wildman–Crippen MR) is 104 cm³/mol. The van der Waals surface area contributed by atoms with E-state index >= 15 is 0 Å². The lowest BCUT2D eigenvalue weighted by molar-refractivity contribution is 0.0714. The summed E-state index contributed by atoms with van der Waals surface area (Å²) >= 11 is 0. The second kappa shape index (κ2) is 7.98. The molecule has 144 valence electrons. The lowest BCUT2D eigenvalue weighted by atomic mass is 9.96. The first-order chi connectivity index (χ1) is 13.2. The maximum atomic E-state index is 12.4. The Labute approximate surface area is 159 Å². The molecule has 1 aliphatic carbocycles. The van der Waals surface area contributed by atoms with Gasteiger partial charge in [-0.05, 0) is 31.9 Å². The van der Waals surface area contributed by atoms with Crippen LogP contribution in [0, 0.1) is 6.92 Å². The van der Waals surface area contributed by atoms with Crippen LogP contribution in [0.1, 0.15) is 48.4 Å². The molecule has 1 saturated carbocycles. The van der Waals surface area contributed by atoms with Crippen LogP contribution in [0.3, 0.4) is 0 Å². The van der Waals surface area contributed by atoms with E-state index in [2.05, 4.69) is 15.2 Å². The van der Waals surface area contributed by atoms with Gasteiger partial charge < -0.3 is 19.5 Å². The van der Waals surface area contributed by atoms with Crippen LogP contribution in [-0.2, 0) is 0 Å². The zero-order valence-electron chi connectivity index (χ0n) is 15.9. The van der Waals surface area contributed by atoms with Gasteiger partial charge in [-0.15, -0.1) is 0 Å². The summed E-state index contributed by atoms with van der Waals surface area (Å²) < 4.78 is 5.23. The molecule has 0 bridgehead atoms. The molecule has 27 heavy (non-hydrogen) atoms. The van der Waals surface area contributed by atoms with Gasteiger partial charge in [0.25, 0.3) is 5.91 Å². The number of furan rings is 1. The number of aromatic nitrogens is 2. The third-order valence-corrected chi connectivity index (χ3v) is 5.40. The van der Waals surface area contributed by atoms with E-state index in [-0.39, 0.29) is 5.91 Å². The highest BCUT2D eigenvalue weighted by atomic mass is 16.3. The van der Waals surface area contributed by atoms with E-state index in [0.29, 0.717) is 24.9 Å². The van der Waals surface area contributed by atoms with Crippen molar-refractivity contribution in [1.29, 1.82) is 0 Å². The number of rotatable bonds is 4. The molecular weight excluding hydrogens is 342 g/mol. The van der Waals surface area contributed by atoms with Crippen molar-refractivity contribution >= 4 is 17.7 Å². The molecule has 0 unspecified atom stereocenters. The third kappa shape index (κ3) is 4.23. The van der Waals surface area contributed by atoms with Crippen molar-refractivity contribution in [3.63, 3.8) is 0 Å². The highest BCUT2D eigenvalue weighted by Crippen LogP contribution is 2.22. The molecule has 0 atom stereocenters. The molecule has 1 aliphatic heterocycles. The van der Waals surface area contributed by atoms with Crippen LogP contribution in [0.15, 0.2) is 28.9 Å². The first kappa shape index (κ1) is 17.8. The van der Waals surface area contributed by atoms with E-state index in [4.69, 9.17) is 9.40 Å². The molecule has 0 aromatic carbocycles. The third-order valence-electron chi connectivity index (χ3n) is 5.40. The van der Waals surface area contributed by atoms with Crippen molar-refractivity contribution in [3.8, 4) is 0 Å². The summed E-state index contributed by atoms with van der Waals surface area (Å²) in [5.74, 6) is 2.02. The summed E-state index contributed by atoms with van der Waals surface area (Å²) in [5, 5.41) is 3.52. The number of nitrogens with zero attached hydrogens (tertiary/aromatic N) is 4. The SMILES string of the molecule is Cc1cc(N2CCN(C(=O)c3ccco3)CC2)nc(NC2CCCCC2)n1. The second-order valence-electron chi connectivity index (χ2n) is 7.43. The molecule has 7 nitrogen and oxygen atoms in total. The van der Waals surface area contributed by atoms with E-state index in [1.165, 1.54) is 38.4 Å². The van der Waals surface area contributed by atoms with Crippen LogP contribution >= 0.6 is 0 Å². The van der Waals surface area contributed by atoms with Crippen LogP contribution in [0.4, 0.5) is 11.8 Å². The molecule has 0 radical (unpaired) electrons. The Morgan fingerprint density at radius 2 is 1.93 bits per heavy atom. The maximum Gasteiger partial charge on any atom is 0.289 e. The first-order valence-corrected chi connectivity index (χ1v) is 9.89. The molecule has 4 rings (SSSR count). The molecule has 2 fully saturated rings. The molecule has 1 saturated heterocycles. The van der Waals surface area contributed by atoms with Gasteiger partial charge in [0.15, 0.2) is 5.76 Å². The lowest BCUT2D eigenvalue weighted by Crippen LogP contribution is -2.49. The Morgan fingerprint density at radius 3 is 2.63 bits per heavy atom. The van der Waals surface area contributed by atoms with Crippen LogP contribution in [0.5, 0.6) is 0 Å². The molecule has 7 heteroatoms. The number of hydrogen-bond acceptors (Lipinski definition) is 6. The summed E-state index contributed by atoms with van der Waals surface area (Å²) in [5.41, 5.74) is 0.965. The normalized spacial score (nSPS) is 18.6. The molecule has 2 aromatic heterocycles. The van der Waals surface area contributed by atoms with Crippen LogP contribution in [-0.4, -0.2) is 53.0 Å². The number of anilines is 2. The minimum Gasteiger partial charge on any atom is -0.459 e. The van der Waals surface area contributed by atoms with Gasteiger partial charge in [-0.2, -0.15) is 4.98 Å². The number of amides is 1. The van der Waals surface area contributed by atoms with Gasteiger partial charge in [-0.3, -0.25) is 4.79 Å². The van der Waals surface area contributed by atoms with Crippen molar-refractivity contribution in [3.05, 3.63) is 35.9 Å². The highest BCUT2D eigenvalue weighted by molar-refractivity contribution is 5.91. The molecule has 2 aromatic rings. The van der Waals surface area contributed by atoms with Gasteiger partial charge in [-0.25, -0.2) is 4.98 Å². The van der Waals surface area contributed by atoms with Gasteiger partial charge >= 0.3 is 0 Å². The average Bonchev–Trinajstić information content (AvgIpc) is 3.23. The largest absolute Gasteiger partial charge is 0.459 e. The van der Waals surface area contributed by atoms with Crippen molar-refractivity contribution in [1.82, 2.24) is 14.9 Å². The van der Waals surface area contributed by atoms with Gasteiger partial charge in [0.05, 0.1) is 6.26 Å². The van der Waals surface area contributed by atoms with E-state index < -0.39 is 0 Å². The molecule has 2 aliphatic rings. The highest BCUT2D eigenvalue weighted by Gasteiger charge is 2.25. The summed E-state index contributed by atoms with van der Waals surface area (Å²) in [4.78, 5) is 25.8. The molecule has 3 heterocycles. The Hall–Kier alpha value is -2.57. The van der Waals surface area contributed by atoms with Crippen molar-refractivity contribution in [2.24, 2.45) is 0 Å². The van der Waals surface area contributed by atoms with E-state index in [1.807, 2.05) is 17.9 Å². The summed E-state index contributed by atoms with van der Waals surface area (Å²) in [6, 6.07) is 5.96. The Balaban J connectivity index is 1.39. The van der Waals surface area contributed by atoms with Gasteiger partial charge in [-0.1, -0.05) is 19.3 Å². The first-order valence-electron chi connectivity index (χ1n) is 9.89. The standard InChI is InChI=1S/C20H27N5O2/c1-15-14-18(23-20(21-15)22-16-6-3-2-4-7-16)24-9-11-25(12-10-24)19(26)17-8-5-13-27-17/h5,8,13-14,16H,2-4,6-7,9-12H2,1H3,(H,21,22,23). The fourth-order valence-corrected chi connectivity index (χ4v) is 3.90. The fraction of sp³-hybridized carbons (Fsp3) is 0.550. The Morgan fingerprint density at radius 1 is 1.15 bits per heavy atom. The molecular formula is C20H27N5O2. The number of piperazine rings is 1. The van der Waals surface area contributed by atoms with E-state index in [1.54, 1.807) is 12.1 Å². The molecule has 0 spiro atoms. The molecule has 1 amide bonds. The fourth-order valence-electron chi connectivity index (χ4n) is 3.90. The van der Waals surface area contributed by atoms with Crippen molar-refractivity contribution < 1.29 is 9.21 Å². The monoisotopic (exact) mass is 369 g/mol. The smallest absolute Gasteiger partial charge is 0.289 e. The molecule has 1 N–H and O–H groups in total. The van der Waals surface area contributed by atoms with E-state index in [0.717, 1.165) is 30.5 Å². The second-order valence-corrected chi connectivity index (χ2v) is 7.43. The summed E-state index contributed by atoms with van der Waals surface area (Å²) in [7, 11) is 0. The van der Waals surface area contributed by atoms with Gasteiger partial charge in [0, 0.05) is 44.0 Å². The number of carbonyl (C=O) groups excluding carboxylic acids is 1. The van der Waals surface area contributed by atoms with Crippen LogP contribution in [0.25, 0.3) is 0 Å². The van der Waals surface area contributed by atoms with Crippen molar-refractivity contribution in [2.45, 2.75) is 45.1 Å². The minimum absolute atomic E-state index is 0.0434. The van der Waals surface area contributed by atoms with Gasteiger partial charge in [0.1, 0.15) is 5.82 Å². The van der Waals surface area contributed by atoms with Crippen LogP contribution in [0.2, 0.25) is 0 Å². The lowest BCUT2D eigenvalue weighted by Gasteiger charge is -2.35. The quantitative estimate of drug-likeness (QED) is 0.893. The topological polar surface area (TPSA) is 74.5 Å². The zero-order valence-corrected chi connectivity index (χ0v) is 15.9. The summed E-state index contributed by atoms with van der Waals surface area (Å²) in [6.07, 6.45) is 7.82. The number of nitrogens with one attached hydrogen (secondary N) is 1. The van der Waals surface area contributed by atoms with Crippen molar-refractivity contribution in [2.75, 3.05) is 36.4 Å². The Bertz CT molecular complexity index is 763. The average molecular weight is 369 g/mol. The number of aryl methyl sites for hydroxylation is 1. The number of carbonyl (C=O) groups is 1. The summed E-state index contributed by atoms with van der Waals surface area (Å²) in [6.45, 7) is 4.84. The Kier molecular flexibility index (Phi) is 5.27. The predicted octanol–water partition coefficient (Wildman–Crippen LogP) is 3.09. The zero-order chi connectivity index (χ0) is 18.6. The van der Waals surface area contributed by atoms with E-state index in [9.17, 15) is 4.79 Å². The van der Waals surface area contributed by atoms with Crippen LogP contribution < -0.4 is 10.2 Å².